The largest absolute Gasteiger partial charge is 0.433 e. The molecule has 0 unspecified atom stereocenters. The van der Waals surface area contributed by atoms with Gasteiger partial charge in [-0.3, -0.25) is 14.9 Å². The van der Waals surface area contributed by atoms with Crippen LogP contribution >= 0.6 is 11.3 Å². The first-order valence-corrected chi connectivity index (χ1v) is 8.98. The number of nitrogens with one attached hydrogen (secondary N) is 1. The van der Waals surface area contributed by atoms with Gasteiger partial charge in [-0.1, -0.05) is 29.4 Å². The highest BCUT2D eigenvalue weighted by Crippen LogP contribution is 2.24. The van der Waals surface area contributed by atoms with Crippen molar-refractivity contribution >= 4 is 28.8 Å². The average molecular weight is 396 g/mol. The predicted molar refractivity (Wildman–Crippen MR) is 100 cm³/mol. The van der Waals surface area contributed by atoms with E-state index in [9.17, 15) is 14.9 Å². The predicted octanol–water partition coefficient (Wildman–Crippen LogP) is 4.14. The molecule has 9 nitrogen and oxygen atoms in total. The summed E-state index contributed by atoms with van der Waals surface area (Å²) >= 11 is 1.51. The first kappa shape index (κ1) is 17.6. The number of anilines is 1. The molecule has 140 valence electrons. The lowest BCUT2D eigenvalue weighted by Gasteiger charge is -2.08. The molecule has 0 saturated heterocycles. The van der Waals surface area contributed by atoms with Gasteiger partial charge in [0.25, 0.3) is 5.91 Å². The summed E-state index contributed by atoms with van der Waals surface area (Å²) < 4.78 is 10.2. The number of nitro groups is 1. The number of hydrogen-bond donors (Lipinski definition) is 1. The number of carbonyl (C=O) groups is 1. The van der Waals surface area contributed by atoms with Crippen molar-refractivity contribution in [3.63, 3.8) is 0 Å². The van der Waals surface area contributed by atoms with Crippen LogP contribution in [0.3, 0.4) is 0 Å². The van der Waals surface area contributed by atoms with Crippen molar-refractivity contribution in [1.82, 2.24) is 10.1 Å². The molecule has 0 radical (unpaired) electrons. The molecule has 1 amide bonds. The van der Waals surface area contributed by atoms with Gasteiger partial charge in [0.15, 0.2) is 5.76 Å². The topological polar surface area (TPSA) is 124 Å². The van der Waals surface area contributed by atoms with E-state index in [-0.39, 0.29) is 5.76 Å². The second-order valence-electron chi connectivity index (χ2n) is 5.67. The maximum Gasteiger partial charge on any atom is 0.433 e. The number of furan rings is 1. The normalized spacial score (nSPS) is 10.7. The number of amides is 1. The van der Waals surface area contributed by atoms with E-state index in [0.29, 0.717) is 23.8 Å². The van der Waals surface area contributed by atoms with E-state index >= 15 is 0 Å². The van der Waals surface area contributed by atoms with Crippen LogP contribution in [0.4, 0.5) is 11.6 Å². The summed E-state index contributed by atoms with van der Waals surface area (Å²) in [6.07, 6.45) is 0.313. The maximum absolute atomic E-state index is 12.3. The highest BCUT2D eigenvalue weighted by Gasteiger charge is 2.19. The Hall–Kier alpha value is -3.79. The average Bonchev–Trinajstić information content (AvgIpc) is 3.44. The number of aromatic nitrogens is 2. The minimum absolute atomic E-state index is 0.153. The van der Waals surface area contributed by atoms with Crippen LogP contribution in [-0.2, 0) is 6.42 Å². The van der Waals surface area contributed by atoms with Gasteiger partial charge in [-0.25, -0.2) is 0 Å². The second kappa shape index (κ2) is 7.45. The Labute approximate surface area is 161 Å². The number of nitrogens with zero attached hydrogens (tertiary/aromatic N) is 3. The number of thiophene rings is 1. The number of rotatable bonds is 6. The van der Waals surface area contributed by atoms with Crippen LogP contribution in [0.5, 0.6) is 0 Å². The van der Waals surface area contributed by atoms with Crippen molar-refractivity contribution in [2.45, 2.75) is 6.42 Å². The highest BCUT2D eigenvalue weighted by atomic mass is 32.1. The zero-order chi connectivity index (χ0) is 19.5. The number of benzene rings is 1. The standard InChI is InChI=1S/C18H12N4O5S/c23-18(13-7-8-16(26-13)22(24)25)19-12-5-2-1-4-11(12)10-15-20-17(21-27-15)14-6-3-9-28-14/h1-9H,10H2,(H,19,23). The Balaban J connectivity index is 1.52. The molecule has 0 atom stereocenters. The molecule has 3 heterocycles. The molecule has 0 aliphatic carbocycles. The lowest BCUT2D eigenvalue weighted by Crippen LogP contribution is -2.12. The zero-order valence-corrected chi connectivity index (χ0v) is 15.0. The van der Waals surface area contributed by atoms with Gasteiger partial charge in [0.05, 0.1) is 17.4 Å². The van der Waals surface area contributed by atoms with Crippen LogP contribution in [0.2, 0.25) is 0 Å². The van der Waals surface area contributed by atoms with Gasteiger partial charge in [0, 0.05) is 5.69 Å². The molecule has 1 N–H and O–H groups in total. The molecule has 1 aromatic carbocycles. The van der Waals surface area contributed by atoms with Crippen molar-refractivity contribution in [3.8, 4) is 10.7 Å². The fourth-order valence-electron chi connectivity index (χ4n) is 2.52. The van der Waals surface area contributed by atoms with Gasteiger partial charge in [-0.15, -0.1) is 11.3 Å². The lowest BCUT2D eigenvalue weighted by atomic mass is 10.1. The highest BCUT2D eigenvalue weighted by molar-refractivity contribution is 7.13. The molecule has 0 aliphatic heterocycles. The molecule has 28 heavy (non-hydrogen) atoms. The Bertz CT molecular complexity index is 1130. The molecule has 0 saturated carbocycles. The SMILES string of the molecule is O=C(Nc1ccccc1Cc1nc(-c2cccs2)no1)c1ccc([N+](=O)[O-])o1. The van der Waals surface area contributed by atoms with Crippen LogP contribution < -0.4 is 5.32 Å². The summed E-state index contributed by atoms with van der Waals surface area (Å²) in [6.45, 7) is 0. The summed E-state index contributed by atoms with van der Waals surface area (Å²) in [5.74, 6) is -0.330. The molecule has 4 rings (SSSR count). The number of carbonyl (C=O) groups excluding carboxylic acids is 1. The second-order valence-corrected chi connectivity index (χ2v) is 6.62. The van der Waals surface area contributed by atoms with Crippen LogP contribution in [0.15, 0.2) is 62.9 Å². The smallest absolute Gasteiger partial charge is 0.395 e. The van der Waals surface area contributed by atoms with E-state index in [1.165, 1.54) is 17.4 Å². The lowest BCUT2D eigenvalue weighted by molar-refractivity contribution is -0.402. The Morgan fingerprint density at radius 1 is 1.18 bits per heavy atom. The number of hydrogen-bond acceptors (Lipinski definition) is 8. The minimum atomic E-state index is -0.703. The summed E-state index contributed by atoms with van der Waals surface area (Å²) in [6, 6.07) is 13.3. The van der Waals surface area contributed by atoms with E-state index in [1.54, 1.807) is 12.1 Å². The Morgan fingerprint density at radius 3 is 2.79 bits per heavy atom. The van der Waals surface area contributed by atoms with Gasteiger partial charge in [-0.05, 0) is 29.1 Å². The monoisotopic (exact) mass is 396 g/mol. The summed E-state index contributed by atoms with van der Waals surface area (Å²) in [4.78, 5) is 27.6. The van der Waals surface area contributed by atoms with E-state index in [1.807, 2.05) is 29.6 Å². The molecule has 0 spiro atoms. The third kappa shape index (κ3) is 3.67. The van der Waals surface area contributed by atoms with Crippen molar-refractivity contribution in [1.29, 1.82) is 0 Å². The molecular formula is C18H12N4O5S. The van der Waals surface area contributed by atoms with Gasteiger partial charge in [0.1, 0.15) is 4.92 Å². The quantitative estimate of drug-likeness (QED) is 0.383. The van der Waals surface area contributed by atoms with Crippen molar-refractivity contribution in [2.24, 2.45) is 0 Å². The van der Waals surface area contributed by atoms with Gasteiger partial charge in [0.2, 0.25) is 11.7 Å². The van der Waals surface area contributed by atoms with Crippen LogP contribution in [0.25, 0.3) is 10.7 Å². The molecule has 4 aromatic rings. The maximum atomic E-state index is 12.3. The first-order chi connectivity index (χ1) is 13.6. The summed E-state index contributed by atoms with van der Waals surface area (Å²) in [5.41, 5.74) is 1.26. The van der Waals surface area contributed by atoms with E-state index in [0.717, 1.165) is 16.5 Å². The zero-order valence-electron chi connectivity index (χ0n) is 14.2. The third-order valence-corrected chi connectivity index (χ3v) is 4.68. The van der Waals surface area contributed by atoms with E-state index in [4.69, 9.17) is 8.94 Å². The molecule has 10 heteroatoms. The fraction of sp³-hybridized carbons (Fsp3) is 0.0556. The third-order valence-electron chi connectivity index (χ3n) is 3.81. The molecule has 0 fully saturated rings. The van der Waals surface area contributed by atoms with E-state index < -0.39 is 16.7 Å². The molecule has 3 aromatic heterocycles. The Morgan fingerprint density at radius 2 is 2.04 bits per heavy atom. The van der Waals surface area contributed by atoms with Crippen LogP contribution in [0.1, 0.15) is 22.0 Å². The van der Waals surface area contributed by atoms with Gasteiger partial charge < -0.3 is 14.3 Å². The summed E-state index contributed by atoms with van der Waals surface area (Å²) in [5, 5.41) is 19.3. The molecule has 0 bridgehead atoms. The summed E-state index contributed by atoms with van der Waals surface area (Å²) in [7, 11) is 0. The van der Waals surface area contributed by atoms with Gasteiger partial charge >= 0.3 is 5.88 Å². The molecular weight excluding hydrogens is 384 g/mol. The first-order valence-electron chi connectivity index (χ1n) is 8.10. The number of para-hydroxylation sites is 1. The van der Waals surface area contributed by atoms with Crippen molar-refractivity contribution in [3.05, 3.63) is 81.2 Å². The minimum Gasteiger partial charge on any atom is -0.395 e. The Kier molecular flexibility index (Phi) is 4.68. The van der Waals surface area contributed by atoms with Crippen molar-refractivity contribution in [2.75, 3.05) is 5.32 Å². The van der Waals surface area contributed by atoms with E-state index in [2.05, 4.69) is 15.5 Å². The molecule has 0 aliphatic rings. The van der Waals surface area contributed by atoms with Gasteiger partial charge in [-0.2, -0.15) is 4.98 Å². The fourth-order valence-corrected chi connectivity index (χ4v) is 3.17. The van der Waals surface area contributed by atoms with Crippen LogP contribution in [0, 0.1) is 10.1 Å². The van der Waals surface area contributed by atoms with Crippen molar-refractivity contribution < 1.29 is 18.7 Å². The van der Waals surface area contributed by atoms with Crippen LogP contribution in [-0.4, -0.2) is 21.0 Å².